The van der Waals surface area contributed by atoms with Crippen LogP contribution in [0.4, 0.5) is 5.82 Å². The van der Waals surface area contributed by atoms with Crippen LogP contribution in [0, 0.1) is 6.57 Å². The van der Waals surface area contributed by atoms with Gasteiger partial charge < -0.3 is 5.73 Å². The first-order valence-corrected chi connectivity index (χ1v) is 6.57. The summed E-state index contributed by atoms with van der Waals surface area (Å²) in [7, 11) is 1.53. The van der Waals surface area contributed by atoms with Crippen LogP contribution in [0.25, 0.3) is 4.85 Å². The lowest BCUT2D eigenvalue weighted by atomic mass is 10.2. The molecule has 0 saturated heterocycles. The lowest BCUT2D eigenvalue weighted by molar-refractivity contribution is 0.774. The van der Waals surface area contributed by atoms with Gasteiger partial charge in [-0.25, -0.2) is 4.79 Å². The van der Waals surface area contributed by atoms with Gasteiger partial charge in [-0.05, 0) is 17.7 Å². The number of hydrogen-bond donors (Lipinski definition) is 2. The van der Waals surface area contributed by atoms with E-state index in [2.05, 4.69) is 30.8 Å². The van der Waals surface area contributed by atoms with Gasteiger partial charge in [-0.2, -0.15) is 9.41 Å². The van der Waals surface area contributed by atoms with Crippen LogP contribution in [0.2, 0.25) is 0 Å². The molecule has 7 heteroatoms. The van der Waals surface area contributed by atoms with Crippen LogP contribution in [-0.2, 0) is 6.54 Å². The molecular weight excluding hydrogens is 322 g/mol. The third-order valence-electron chi connectivity index (χ3n) is 2.83. The van der Waals surface area contributed by atoms with E-state index < -0.39 is 0 Å². The third kappa shape index (κ3) is 2.65. The van der Waals surface area contributed by atoms with Crippen LogP contribution in [-0.4, -0.2) is 22.4 Å². The molecule has 0 atom stereocenters. The average molecular weight is 335 g/mol. The summed E-state index contributed by atoms with van der Waals surface area (Å²) >= 11 is 3.36. The van der Waals surface area contributed by atoms with Crippen molar-refractivity contribution in [3.8, 4) is 6.57 Å². The normalized spacial score (nSPS) is 11.3. The fourth-order valence-corrected chi connectivity index (χ4v) is 2.07. The molecule has 102 valence electrons. The number of imidazole rings is 1. The first-order chi connectivity index (χ1) is 9.56. The molecular formula is C13H13BrN5O+. The fraction of sp³-hybridized carbons (Fsp3) is 0.154. The van der Waals surface area contributed by atoms with Gasteiger partial charge in [0.2, 0.25) is 0 Å². The topological polar surface area (TPSA) is 80.5 Å². The fourth-order valence-electron chi connectivity index (χ4n) is 1.81. The predicted octanol–water partition coefficient (Wildman–Crippen LogP) is 1.92. The van der Waals surface area contributed by atoms with Gasteiger partial charge in [0.1, 0.15) is 13.1 Å². The largest absolute Gasteiger partial charge is 0.417 e. The second-order valence-electron chi connectivity index (χ2n) is 4.08. The molecule has 0 unspecified atom stereocenters. The molecule has 0 fully saturated rings. The van der Waals surface area contributed by atoms with E-state index in [1.807, 2.05) is 24.3 Å². The standard InChI is InChI=1S/C13H12BrN5O/c1-16-11(15)10-12(17-2)19(13(20)18-10)7-8-3-5-9(14)6-4-8/h2-6H,7H2,1H3,(H2-,15,16,18,20)/p+1. The molecule has 0 aliphatic carbocycles. The van der Waals surface area contributed by atoms with Crippen molar-refractivity contribution in [1.29, 1.82) is 0 Å². The quantitative estimate of drug-likeness (QED) is 0.664. The number of amidine groups is 1. The van der Waals surface area contributed by atoms with Crippen LogP contribution >= 0.6 is 15.9 Å². The van der Waals surface area contributed by atoms with Crippen molar-refractivity contribution in [1.82, 2.24) is 9.55 Å². The first-order valence-electron chi connectivity index (χ1n) is 5.77. The number of aliphatic imine (C=N–C) groups is 1. The lowest BCUT2D eigenvalue weighted by Gasteiger charge is -1.98. The smallest absolute Gasteiger partial charge is 0.382 e. The Morgan fingerprint density at radius 3 is 2.70 bits per heavy atom. The molecule has 2 rings (SSSR count). The van der Waals surface area contributed by atoms with E-state index in [4.69, 9.17) is 12.3 Å². The number of nitrogens with two attached hydrogens (primary N) is 1. The number of nitrogens with zero attached hydrogens (tertiary/aromatic N) is 3. The summed E-state index contributed by atoms with van der Waals surface area (Å²) < 4.78 is 2.38. The molecule has 0 bridgehead atoms. The molecule has 1 aromatic heterocycles. The lowest BCUT2D eigenvalue weighted by Crippen LogP contribution is -2.17. The molecule has 1 heterocycles. The van der Waals surface area contributed by atoms with Crippen LogP contribution in [0.5, 0.6) is 0 Å². The Bertz CT molecular complexity index is 749. The van der Waals surface area contributed by atoms with Gasteiger partial charge in [0, 0.05) is 11.5 Å². The van der Waals surface area contributed by atoms with Crippen LogP contribution in [0.3, 0.4) is 0 Å². The highest BCUT2D eigenvalue weighted by atomic mass is 79.9. The maximum absolute atomic E-state index is 12.0. The Balaban J connectivity index is 2.47. The van der Waals surface area contributed by atoms with Crippen molar-refractivity contribution in [2.45, 2.75) is 6.54 Å². The second kappa shape index (κ2) is 5.75. The number of H-pyrrole nitrogens is 1. The number of aromatic nitrogens is 2. The summed E-state index contributed by atoms with van der Waals surface area (Å²) in [4.78, 5) is 22.1. The Morgan fingerprint density at radius 1 is 1.50 bits per heavy atom. The third-order valence-corrected chi connectivity index (χ3v) is 3.36. The molecule has 2 aromatic rings. The Labute approximate surface area is 123 Å². The number of aromatic amines is 1. The zero-order valence-corrected chi connectivity index (χ0v) is 12.4. The van der Waals surface area contributed by atoms with Gasteiger partial charge in [-0.1, -0.05) is 28.1 Å². The first kappa shape index (κ1) is 14.1. The van der Waals surface area contributed by atoms with E-state index in [0.717, 1.165) is 10.0 Å². The van der Waals surface area contributed by atoms with Crippen molar-refractivity contribution < 1.29 is 0 Å². The molecule has 0 saturated carbocycles. The summed E-state index contributed by atoms with van der Waals surface area (Å²) in [5.41, 5.74) is 6.65. The predicted molar refractivity (Wildman–Crippen MR) is 82.9 cm³/mol. The SMILES string of the molecule is C#[N+]c1c(C(N)=NC)[nH]c(=O)n1Cc1ccc(Br)cc1. The van der Waals surface area contributed by atoms with E-state index in [1.165, 1.54) is 11.6 Å². The highest BCUT2D eigenvalue weighted by Crippen LogP contribution is 2.18. The summed E-state index contributed by atoms with van der Waals surface area (Å²) in [5, 5.41) is 0. The van der Waals surface area contributed by atoms with E-state index in [-0.39, 0.29) is 17.3 Å². The maximum atomic E-state index is 12.0. The van der Waals surface area contributed by atoms with Gasteiger partial charge >= 0.3 is 11.5 Å². The van der Waals surface area contributed by atoms with Crippen LogP contribution < -0.4 is 11.4 Å². The summed E-state index contributed by atoms with van der Waals surface area (Å²) in [6, 6.07) is 7.60. The molecule has 0 amide bonds. The number of halogens is 1. The minimum atomic E-state index is -0.335. The minimum Gasteiger partial charge on any atom is -0.382 e. The van der Waals surface area contributed by atoms with Crippen LogP contribution in [0.15, 0.2) is 38.5 Å². The van der Waals surface area contributed by atoms with E-state index >= 15 is 0 Å². The van der Waals surface area contributed by atoms with Crippen molar-refractivity contribution >= 4 is 27.6 Å². The maximum Gasteiger partial charge on any atom is 0.417 e. The highest BCUT2D eigenvalue weighted by molar-refractivity contribution is 9.10. The number of nitrogens with one attached hydrogen (secondary N) is 1. The Hall–Kier alpha value is -2.33. The van der Waals surface area contributed by atoms with Crippen molar-refractivity contribution in [3.63, 3.8) is 0 Å². The van der Waals surface area contributed by atoms with Gasteiger partial charge in [0.15, 0.2) is 11.5 Å². The summed E-state index contributed by atoms with van der Waals surface area (Å²) in [5.74, 6) is 0.460. The molecule has 0 spiro atoms. The summed E-state index contributed by atoms with van der Waals surface area (Å²) in [6.45, 7) is 5.71. The van der Waals surface area contributed by atoms with Crippen molar-refractivity contribution in [3.05, 3.63) is 55.3 Å². The molecule has 0 aliphatic rings. The Morgan fingerprint density at radius 2 is 2.15 bits per heavy atom. The molecule has 1 aromatic carbocycles. The highest BCUT2D eigenvalue weighted by Gasteiger charge is 2.25. The minimum absolute atomic E-state index is 0.181. The molecule has 6 nitrogen and oxygen atoms in total. The van der Waals surface area contributed by atoms with Gasteiger partial charge in [-0.3, -0.25) is 9.98 Å². The monoisotopic (exact) mass is 334 g/mol. The second-order valence-corrected chi connectivity index (χ2v) is 4.99. The van der Waals surface area contributed by atoms with Crippen LogP contribution in [0.1, 0.15) is 11.3 Å². The van der Waals surface area contributed by atoms with E-state index in [1.54, 1.807) is 0 Å². The van der Waals surface area contributed by atoms with Crippen molar-refractivity contribution in [2.24, 2.45) is 10.7 Å². The van der Waals surface area contributed by atoms with E-state index in [9.17, 15) is 4.79 Å². The number of benzene rings is 1. The molecule has 0 aliphatic heterocycles. The zero-order chi connectivity index (χ0) is 14.7. The van der Waals surface area contributed by atoms with E-state index in [0.29, 0.717) is 12.2 Å². The van der Waals surface area contributed by atoms with Crippen molar-refractivity contribution in [2.75, 3.05) is 7.05 Å². The molecule has 0 radical (unpaired) electrons. The molecule has 3 N–H and O–H groups in total. The molecule has 20 heavy (non-hydrogen) atoms. The summed E-state index contributed by atoms with van der Waals surface area (Å²) in [6.07, 6.45) is 0. The van der Waals surface area contributed by atoms with Gasteiger partial charge in [-0.15, -0.1) is 0 Å². The number of hydrogen-bond acceptors (Lipinski definition) is 2. The average Bonchev–Trinajstić information content (AvgIpc) is 2.77. The number of rotatable bonds is 3. The van der Waals surface area contributed by atoms with Gasteiger partial charge in [0.05, 0.1) is 0 Å². The Kier molecular flexibility index (Phi) is 4.05. The van der Waals surface area contributed by atoms with Gasteiger partial charge in [0.25, 0.3) is 0 Å². The zero-order valence-electron chi connectivity index (χ0n) is 10.8.